The first-order valence-corrected chi connectivity index (χ1v) is 10.0. The number of amides is 2. The van der Waals surface area contributed by atoms with Crippen molar-refractivity contribution < 1.29 is 14.0 Å². The summed E-state index contributed by atoms with van der Waals surface area (Å²) in [6.45, 7) is 5.91. The molecule has 2 amide bonds. The number of hydrogen-bond acceptors (Lipinski definition) is 6. The van der Waals surface area contributed by atoms with Gasteiger partial charge in [0.15, 0.2) is 0 Å². The first kappa shape index (κ1) is 20.6. The molecule has 7 nitrogen and oxygen atoms in total. The molecule has 150 valence electrons. The number of aromatic nitrogens is 2. The van der Waals surface area contributed by atoms with E-state index in [1.165, 1.54) is 0 Å². The molecule has 0 fully saturated rings. The minimum absolute atomic E-state index is 0.0837. The van der Waals surface area contributed by atoms with Crippen LogP contribution < -0.4 is 10.6 Å². The first-order valence-electron chi connectivity index (χ1n) is 9.05. The molecule has 0 saturated carbocycles. The minimum Gasteiger partial charge on any atom is -0.415 e. The van der Waals surface area contributed by atoms with Crippen LogP contribution in [-0.4, -0.2) is 27.8 Å². The molecule has 0 atom stereocenters. The highest BCUT2D eigenvalue weighted by molar-refractivity contribution is 7.99. The third-order valence-corrected chi connectivity index (χ3v) is 4.67. The standard InChI is InChI=1S/C21H22N4O3S/c1-21(2,3)19-24-25-20(28-19)29-13-17(26)23-16-12-8-7-11-15(16)18(27)22-14-9-5-4-6-10-14/h4-12H,13H2,1-3H3,(H,22,27)(H,23,26). The molecule has 0 aliphatic heterocycles. The Morgan fingerprint density at radius 3 is 2.34 bits per heavy atom. The first-order chi connectivity index (χ1) is 13.8. The van der Waals surface area contributed by atoms with E-state index in [1.54, 1.807) is 36.4 Å². The van der Waals surface area contributed by atoms with E-state index in [4.69, 9.17) is 4.42 Å². The summed E-state index contributed by atoms with van der Waals surface area (Å²) in [7, 11) is 0. The third-order valence-electron chi connectivity index (χ3n) is 3.85. The Balaban J connectivity index is 1.62. The smallest absolute Gasteiger partial charge is 0.277 e. The van der Waals surface area contributed by atoms with Gasteiger partial charge in [-0.05, 0) is 24.3 Å². The predicted octanol–water partition coefficient (Wildman–Crippen LogP) is 4.35. The summed E-state index contributed by atoms with van der Waals surface area (Å²) in [4.78, 5) is 25.0. The molecule has 3 rings (SSSR count). The molecule has 0 radical (unpaired) electrons. The monoisotopic (exact) mass is 410 g/mol. The third kappa shape index (κ3) is 5.68. The molecule has 0 aliphatic rings. The van der Waals surface area contributed by atoms with Crippen LogP contribution in [0.25, 0.3) is 0 Å². The van der Waals surface area contributed by atoms with Gasteiger partial charge in [-0.2, -0.15) is 0 Å². The fourth-order valence-electron chi connectivity index (χ4n) is 2.39. The van der Waals surface area contributed by atoms with Gasteiger partial charge in [0.2, 0.25) is 11.8 Å². The van der Waals surface area contributed by atoms with Crippen molar-refractivity contribution in [3.8, 4) is 0 Å². The number of benzene rings is 2. The molecule has 0 unspecified atom stereocenters. The molecule has 3 aromatic rings. The molecule has 0 aliphatic carbocycles. The molecule has 29 heavy (non-hydrogen) atoms. The van der Waals surface area contributed by atoms with Crippen LogP contribution in [0.3, 0.4) is 0 Å². The van der Waals surface area contributed by atoms with Crippen molar-refractivity contribution in [2.45, 2.75) is 31.4 Å². The minimum atomic E-state index is -0.300. The molecule has 0 saturated heterocycles. The van der Waals surface area contributed by atoms with E-state index in [2.05, 4.69) is 20.8 Å². The van der Waals surface area contributed by atoms with E-state index >= 15 is 0 Å². The van der Waals surface area contributed by atoms with Crippen molar-refractivity contribution in [2.75, 3.05) is 16.4 Å². The van der Waals surface area contributed by atoms with Crippen molar-refractivity contribution >= 4 is 35.0 Å². The fraction of sp³-hybridized carbons (Fsp3) is 0.238. The maximum absolute atomic E-state index is 12.6. The molecule has 0 bridgehead atoms. The number of nitrogens with zero attached hydrogens (tertiary/aromatic N) is 2. The van der Waals surface area contributed by atoms with Crippen molar-refractivity contribution in [1.82, 2.24) is 10.2 Å². The van der Waals surface area contributed by atoms with E-state index in [0.717, 1.165) is 11.8 Å². The molecule has 0 spiro atoms. The van der Waals surface area contributed by atoms with Gasteiger partial charge in [-0.25, -0.2) is 0 Å². The van der Waals surface area contributed by atoms with Crippen molar-refractivity contribution in [2.24, 2.45) is 0 Å². The number of hydrogen-bond donors (Lipinski definition) is 2. The van der Waals surface area contributed by atoms with E-state index in [0.29, 0.717) is 28.1 Å². The highest BCUT2D eigenvalue weighted by Gasteiger charge is 2.22. The molecule has 1 aromatic heterocycles. The number of para-hydroxylation sites is 2. The number of carbonyl (C=O) groups is 2. The lowest BCUT2D eigenvalue weighted by Gasteiger charge is -2.11. The maximum atomic E-state index is 12.6. The van der Waals surface area contributed by atoms with Gasteiger partial charge in [0.1, 0.15) is 0 Å². The fourth-order valence-corrected chi connectivity index (χ4v) is 2.96. The second-order valence-electron chi connectivity index (χ2n) is 7.33. The predicted molar refractivity (Wildman–Crippen MR) is 113 cm³/mol. The average molecular weight is 410 g/mol. The summed E-state index contributed by atoms with van der Waals surface area (Å²) in [6.07, 6.45) is 0. The zero-order valence-electron chi connectivity index (χ0n) is 16.4. The second kappa shape index (κ2) is 8.91. The Labute approximate surface area is 173 Å². The summed E-state index contributed by atoms with van der Waals surface area (Å²) in [6, 6.07) is 16.0. The number of carbonyl (C=O) groups excluding carboxylic acids is 2. The number of nitrogens with one attached hydrogen (secondary N) is 2. The van der Waals surface area contributed by atoms with Crippen LogP contribution in [0, 0.1) is 0 Å². The lowest BCUT2D eigenvalue weighted by atomic mass is 9.97. The van der Waals surface area contributed by atoms with Crippen LogP contribution >= 0.6 is 11.8 Å². The van der Waals surface area contributed by atoms with Crippen LogP contribution in [0.1, 0.15) is 37.0 Å². The highest BCUT2D eigenvalue weighted by atomic mass is 32.2. The normalized spacial score (nSPS) is 11.1. The van der Waals surface area contributed by atoms with Gasteiger partial charge in [-0.3, -0.25) is 9.59 Å². The van der Waals surface area contributed by atoms with Crippen molar-refractivity contribution in [3.63, 3.8) is 0 Å². The SMILES string of the molecule is CC(C)(C)c1nnc(SCC(=O)Nc2ccccc2C(=O)Nc2ccccc2)o1. The number of anilines is 2. The molecule has 2 aromatic carbocycles. The molecular weight excluding hydrogens is 388 g/mol. The Morgan fingerprint density at radius 2 is 1.66 bits per heavy atom. The van der Waals surface area contributed by atoms with Crippen molar-refractivity contribution in [1.29, 1.82) is 0 Å². The van der Waals surface area contributed by atoms with E-state index in [9.17, 15) is 9.59 Å². The average Bonchev–Trinajstić information content (AvgIpc) is 3.17. The molecule has 8 heteroatoms. The summed E-state index contributed by atoms with van der Waals surface area (Å²) in [5, 5.41) is 13.9. The second-order valence-corrected chi connectivity index (χ2v) is 8.25. The van der Waals surface area contributed by atoms with E-state index < -0.39 is 0 Å². The Morgan fingerprint density at radius 1 is 0.966 bits per heavy atom. The van der Waals surface area contributed by atoms with Crippen molar-refractivity contribution in [3.05, 3.63) is 66.1 Å². The molecular formula is C21H22N4O3S. The van der Waals surface area contributed by atoms with Gasteiger partial charge >= 0.3 is 0 Å². The van der Waals surface area contributed by atoms with Gasteiger partial charge in [-0.15, -0.1) is 10.2 Å². The number of thioether (sulfide) groups is 1. The topological polar surface area (TPSA) is 97.1 Å². The summed E-state index contributed by atoms with van der Waals surface area (Å²) >= 11 is 1.15. The summed E-state index contributed by atoms with van der Waals surface area (Å²) in [5.74, 6) is 0.0284. The lowest BCUT2D eigenvalue weighted by Crippen LogP contribution is -2.19. The maximum Gasteiger partial charge on any atom is 0.277 e. The van der Waals surface area contributed by atoms with Gasteiger partial charge in [0, 0.05) is 11.1 Å². The summed E-state index contributed by atoms with van der Waals surface area (Å²) < 4.78 is 5.57. The Hall–Kier alpha value is -3.13. The quantitative estimate of drug-likeness (QED) is 0.587. The Bertz CT molecular complexity index is 996. The molecule has 1 heterocycles. The van der Waals surface area contributed by atoms with E-state index in [-0.39, 0.29) is 23.0 Å². The van der Waals surface area contributed by atoms with Gasteiger partial charge in [-0.1, -0.05) is 62.9 Å². The van der Waals surface area contributed by atoms with E-state index in [1.807, 2.05) is 39.0 Å². The zero-order chi connectivity index (χ0) is 20.9. The van der Waals surface area contributed by atoms with Crippen LogP contribution in [0.15, 0.2) is 64.2 Å². The zero-order valence-corrected chi connectivity index (χ0v) is 17.2. The van der Waals surface area contributed by atoms with Crippen LogP contribution in [0.5, 0.6) is 0 Å². The van der Waals surface area contributed by atoms with Crippen LogP contribution in [-0.2, 0) is 10.2 Å². The largest absolute Gasteiger partial charge is 0.415 e. The van der Waals surface area contributed by atoms with Gasteiger partial charge < -0.3 is 15.1 Å². The van der Waals surface area contributed by atoms with Crippen LogP contribution in [0.2, 0.25) is 0 Å². The lowest BCUT2D eigenvalue weighted by molar-refractivity contribution is -0.113. The highest BCUT2D eigenvalue weighted by Crippen LogP contribution is 2.25. The Kier molecular flexibility index (Phi) is 6.33. The number of rotatable bonds is 6. The van der Waals surface area contributed by atoms with Gasteiger partial charge in [0.05, 0.1) is 17.0 Å². The molecule has 2 N–H and O–H groups in total. The van der Waals surface area contributed by atoms with Crippen LogP contribution in [0.4, 0.5) is 11.4 Å². The summed E-state index contributed by atoms with van der Waals surface area (Å²) in [5.41, 5.74) is 1.24. The van der Waals surface area contributed by atoms with Gasteiger partial charge in [0.25, 0.3) is 11.1 Å².